The molecule has 0 radical (unpaired) electrons. The normalized spacial score (nSPS) is 12.9. The van der Waals surface area contributed by atoms with Crippen LogP contribution in [-0.4, -0.2) is 27.4 Å². The molecule has 2 N–H and O–H groups in total. The first-order valence-corrected chi connectivity index (χ1v) is 7.85. The van der Waals surface area contributed by atoms with Crippen molar-refractivity contribution in [2.24, 2.45) is 0 Å². The van der Waals surface area contributed by atoms with E-state index in [1.807, 2.05) is 16.1 Å². The molecular formula is C16H13N3O2S. The summed E-state index contributed by atoms with van der Waals surface area (Å²) in [4.78, 5) is 12.1. The summed E-state index contributed by atoms with van der Waals surface area (Å²) in [6.45, 7) is 0.902. The Balaban J connectivity index is 1.82. The first-order chi connectivity index (χ1) is 10.7. The van der Waals surface area contributed by atoms with E-state index in [0.29, 0.717) is 0 Å². The van der Waals surface area contributed by atoms with Crippen molar-refractivity contribution < 1.29 is 9.90 Å². The lowest BCUT2D eigenvalue weighted by atomic mass is 10.2. The summed E-state index contributed by atoms with van der Waals surface area (Å²) < 4.78 is 1.86. The van der Waals surface area contributed by atoms with Gasteiger partial charge in [-0.15, -0.1) is 11.3 Å². The molecule has 0 spiro atoms. The quantitative estimate of drug-likeness (QED) is 0.779. The molecule has 6 heteroatoms. The van der Waals surface area contributed by atoms with Gasteiger partial charge in [-0.05, 0) is 42.1 Å². The Labute approximate surface area is 130 Å². The summed E-state index contributed by atoms with van der Waals surface area (Å²) in [6, 6.07) is 10.9. The van der Waals surface area contributed by atoms with Gasteiger partial charge in [-0.3, -0.25) is 0 Å². The van der Waals surface area contributed by atoms with Gasteiger partial charge in [-0.2, -0.15) is 5.10 Å². The van der Waals surface area contributed by atoms with Crippen LogP contribution in [0.3, 0.4) is 0 Å². The number of hydrogen-bond donors (Lipinski definition) is 2. The van der Waals surface area contributed by atoms with E-state index in [1.54, 1.807) is 35.6 Å². The van der Waals surface area contributed by atoms with E-state index in [1.165, 1.54) is 5.56 Å². The Hall–Kier alpha value is -2.60. The number of nitrogens with zero attached hydrogens (tertiary/aromatic N) is 2. The standard InChI is InChI=1S/C16H13N3O2S/c20-16(21)10-3-5-11(6-4-10)19-15-12(7-8-17-15)14(18-19)13-2-1-9-22-13/h1-6,9,17H,7-8H2,(H,20,21). The average Bonchev–Trinajstić information content (AvgIpc) is 3.24. The Morgan fingerprint density at radius 2 is 2.09 bits per heavy atom. The zero-order valence-electron chi connectivity index (χ0n) is 11.6. The molecule has 0 bridgehead atoms. The number of aromatic carboxylic acids is 1. The molecule has 4 rings (SSSR count). The third-order valence-corrected chi connectivity index (χ3v) is 4.64. The predicted molar refractivity (Wildman–Crippen MR) is 86.0 cm³/mol. The van der Waals surface area contributed by atoms with Gasteiger partial charge in [0, 0.05) is 12.1 Å². The second kappa shape index (κ2) is 4.99. The van der Waals surface area contributed by atoms with Gasteiger partial charge in [0.15, 0.2) is 0 Å². The van der Waals surface area contributed by atoms with Crippen LogP contribution in [0.1, 0.15) is 15.9 Å². The molecule has 0 atom stereocenters. The van der Waals surface area contributed by atoms with Gasteiger partial charge in [-0.1, -0.05) is 6.07 Å². The summed E-state index contributed by atoms with van der Waals surface area (Å²) in [5.74, 6) is 0.0844. The topological polar surface area (TPSA) is 67.1 Å². The fraction of sp³-hybridized carbons (Fsp3) is 0.125. The molecule has 1 aliphatic rings. The summed E-state index contributed by atoms with van der Waals surface area (Å²) in [6.07, 6.45) is 0.954. The molecule has 0 amide bonds. The number of fused-ring (bicyclic) bond motifs is 1. The van der Waals surface area contributed by atoms with E-state index in [0.717, 1.165) is 35.0 Å². The van der Waals surface area contributed by atoms with Gasteiger partial charge in [0.05, 0.1) is 16.1 Å². The molecule has 22 heavy (non-hydrogen) atoms. The van der Waals surface area contributed by atoms with Crippen molar-refractivity contribution in [3.8, 4) is 16.3 Å². The van der Waals surface area contributed by atoms with E-state index in [4.69, 9.17) is 10.2 Å². The van der Waals surface area contributed by atoms with E-state index in [9.17, 15) is 4.79 Å². The van der Waals surface area contributed by atoms with Crippen LogP contribution >= 0.6 is 11.3 Å². The molecule has 0 fully saturated rings. The van der Waals surface area contributed by atoms with Crippen LogP contribution in [0, 0.1) is 0 Å². The highest BCUT2D eigenvalue weighted by molar-refractivity contribution is 7.13. The second-order valence-corrected chi connectivity index (χ2v) is 6.04. The molecule has 1 aromatic carbocycles. The number of thiophene rings is 1. The van der Waals surface area contributed by atoms with Gasteiger partial charge in [0.1, 0.15) is 11.5 Å². The SMILES string of the molecule is O=C(O)c1ccc(-n2nc(-c3cccs3)c3c2NCC3)cc1. The highest BCUT2D eigenvalue weighted by Gasteiger charge is 2.24. The van der Waals surface area contributed by atoms with Crippen molar-refractivity contribution in [1.82, 2.24) is 9.78 Å². The van der Waals surface area contributed by atoms with Crippen LogP contribution < -0.4 is 5.32 Å². The average molecular weight is 311 g/mol. The molecule has 5 nitrogen and oxygen atoms in total. The third-order valence-electron chi connectivity index (χ3n) is 3.76. The van der Waals surface area contributed by atoms with Crippen molar-refractivity contribution in [2.75, 3.05) is 11.9 Å². The van der Waals surface area contributed by atoms with Gasteiger partial charge in [-0.25, -0.2) is 9.48 Å². The number of aromatic nitrogens is 2. The van der Waals surface area contributed by atoms with Crippen LogP contribution in [-0.2, 0) is 6.42 Å². The van der Waals surface area contributed by atoms with Gasteiger partial charge >= 0.3 is 5.97 Å². The summed E-state index contributed by atoms with van der Waals surface area (Å²) >= 11 is 1.68. The van der Waals surface area contributed by atoms with Crippen molar-refractivity contribution in [3.05, 3.63) is 52.9 Å². The minimum Gasteiger partial charge on any atom is -0.478 e. The van der Waals surface area contributed by atoms with Crippen molar-refractivity contribution in [3.63, 3.8) is 0 Å². The molecular weight excluding hydrogens is 298 g/mol. The number of nitrogens with one attached hydrogen (secondary N) is 1. The Kier molecular flexibility index (Phi) is 2.97. The monoisotopic (exact) mass is 311 g/mol. The molecule has 1 aliphatic heterocycles. The van der Waals surface area contributed by atoms with E-state index in [-0.39, 0.29) is 5.56 Å². The number of rotatable bonds is 3. The second-order valence-electron chi connectivity index (χ2n) is 5.09. The van der Waals surface area contributed by atoms with Crippen molar-refractivity contribution in [2.45, 2.75) is 6.42 Å². The number of anilines is 1. The summed E-state index contributed by atoms with van der Waals surface area (Å²) in [5.41, 5.74) is 3.37. The summed E-state index contributed by atoms with van der Waals surface area (Å²) in [5, 5.41) is 19.2. The molecule has 110 valence electrons. The zero-order chi connectivity index (χ0) is 15.1. The predicted octanol–water partition coefficient (Wildman–Crippen LogP) is 3.27. The van der Waals surface area contributed by atoms with Crippen LogP contribution in [0.4, 0.5) is 5.82 Å². The van der Waals surface area contributed by atoms with Crippen LogP contribution in [0.5, 0.6) is 0 Å². The maximum absolute atomic E-state index is 11.0. The first kappa shape index (κ1) is 13.1. The number of hydrogen-bond acceptors (Lipinski definition) is 4. The lowest BCUT2D eigenvalue weighted by Crippen LogP contribution is -2.05. The molecule has 0 unspecified atom stereocenters. The first-order valence-electron chi connectivity index (χ1n) is 6.97. The van der Waals surface area contributed by atoms with Crippen molar-refractivity contribution in [1.29, 1.82) is 0 Å². The smallest absolute Gasteiger partial charge is 0.335 e. The Bertz CT molecular complexity index is 835. The van der Waals surface area contributed by atoms with E-state index >= 15 is 0 Å². The number of carboxylic acid groups (broad SMARTS) is 1. The molecule has 2 aromatic heterocycles. The van der Waals surface area contributed by atoms with E-state index < -0.39 is 5.97 Å². The summed E-state index contributed by atoms with van der Waals surface area (Å²) in [7, 11) is 0. The van der Waals surface area contributed by atoms with Gasteiger partial charge in [0.2, 0.25) is 0 Å². The third kappa shape index (κ3) is 2.00. The minimum atomic E-state index is -0.922. The van der Waals surface area contributed by atoms with E-state index in [2.05, 4.69) is 11.4 Å². The highest BCUT2D eigenvalue weighted by atomic mass is 32.1. The van der Waals surface area contributed by atoms with Gasteiger partial charge < -0.3 is 10.4 Å². The number of benzene rings is 1. The fourth-order valence-corrected chi connectivity index (χ4v) is 3.45. The molecule has 3 aromatic rings. The van der Waals surface area contributed by atoms with Crippen LogP contribution in [0.15, 0.2) is 41.8 Å². The number of carbonyl (C=O) groups is 1. The maximum Gasteiger partial charge on any atom is 0.335 e. The van der Waals surface area contributed by atoms with Crippen LogP contribution in [0.25, 0.3) is 16.3 Å². The maximum atomic E-state index is 11.0. The molecule has 3 heterocycles. The number of carboxylic acids is 1. The van der Waals surface area contributed by atoms with Gasteiger partial charge in [0.25, 0.3) is 0 Å². The molecule has 0 aliphatic carbocycles. The Morgan fingerprint density at radius 1 is 1.27 bits per heavy atom. The Morgan fingerprint density at radius 3 is 2.77 bits per heavy atom. The fourth-order valence-electron chi connectivity index (χ4n) is 2.72. The molecule has 0 saturated carbocycles. The highest BCUT2D eigenvalue weighted by Crippen LogP contribution is 2.36. The lowest BCUT2D eigenvalue weighted by Gasteiger charge is -2.06. The van der Waals surface area contributed by atoms with Crippen LogP contribution in [0.2, 0.25) is 0 Å². The zero-order valence-corrected chi connectivity index (χ0v) is 12.4. The largest absolute Gasteiger partial charge is 0.478 e. The minimum absolute atomic E-state index is 0.277. The molecule has 0 saturated heterocycles. The lowest BCUT2D eigenvalue weighted by molar-refractivity contribution is 0.0697. The van der Waals surface area contributed by atoms with Crippen molar-refractivity contribution >= 4 is 23.1 Å².